The number of piperazine rings is 1. The number of nitrogens with zero attached hydrogens (tertiary/aromatic N) is 5. The summed E-state index contributed by atoms with van der Waals surface area (Å²) in [5, 5.41) is 7.77. The third-order valence-electron chi connectivity index (χ3n) is 8.69. The van der Waals surface area contributed by atoms with E-state index in [-0.39, 0.29) is 12.1 Å². The van der Waals surface area contributed by atoms with Gasteiger partial charge < -0.3 is 20.3 Å². The Morgan fingerprint density at radius 2 is 1.86 bits per heavy atom. The molecule has 2 atom stereocenters. The second-order valence-electron chi connectivity index (χ2n) is 11.7. The molecule has 3 amide bonds. The Balaban J connectivity index is 1.36. The van der Waals surface area contributed by atoms with Crippen molar-refractivity contribution in [2.75, 3.05) is 32.8 Å². The average Bonchev–Trinajstić information content (AvgIpc) is 3.46. The number of urea groups is 1. The first-order valence-corrected chi connectivity index (χ1v) is 13.5. The number of rotatable bonds is 4. The molecule has 5 rings (SSSR count). The number of H-pyrrole nitrogens is 1. The Morgan fingerprint density at radius 1 is 1.16 bits per heavy atom. The number of nitrogens with one attached hydrogen (secondary N) is 1. The highest BCUT2D eigenvalue weighted by Gasteiger charge is 2.47. The standard InChI is InChI=1S/C27H41N7O3/c1-16-11-17(2)34(22(16)24(28)35)25-21-15-33(27(5,6)23(21)29-30-25)26(36)32-13-18(3)31(12-19(32)4)14-20-7-9-37-10-8-20/h11,18-20H,7-10,12-15H2,1-6H3,(H2,28,35)(H,29,30)/t18-,19+/m1/s1. The largest absolute Gasteiger partial charge is 0.381 e. The molecule has 10 heteroatoms. The average molecular weight is 512 g/mol. The van der Waals surface area contributed by atoms with E-state index in [0.717, 1.165) is 61.7 Å². The van der Waals surface area contributed by atoms with Gasteiger partial charge in [-0.25, -0.2) is 4.79 Å². The highest BCUT2D eigenvalue weighted by molar-refractivity contribution is 5.93. The zero-order valence-electron chi connectivity index (χ0n) is 23.0. The van der Waals surface area contributed by atoms with E-state index in [2.05, 4.69) is 42.8 Å². The molecule has 10 nitrogen and oxygen atoms in total. The van der Waals surface area contributed by atoms with Crippen molar-refractivity contribution < 1.29 is 14.3 Å². The van der Waals surface area contributed by atoms with Crippen molar-refractivity contribution in [1.29, 1.82) is 0 Å². The number of ether oxygens (including phenoxy) is 1. The van der Waals surface area contributed by atoms with Crippen LogP contribution >= 0.6 is 0 Å². The first-order chi connectivity index (χ1) is 17.5. The van der Waals surface area contributed by atoms with Crippen LogP contribution in [0, 0.1) is 19.8 Å². The molecule has 202 valence electrons. The lowest BCUT2D eigenvalue weighted by atomic mass is 9.97. The van der Waals surface area contributed by atoms with Gasteiger partial charge in [-0.15, -0.1) is 0 Å². The number of carbonyl (C=O) groups excluding carboxylic acids is 2. The predicted molar refractivity (Wildman–Crippen MR) is 141 cm³/mol. The van der Waals surface area contributed by atoms with Crippen LogP contribution in [0.15, 0.2) is 6.07 Å². The van der Waals surface area contributed by atoms with E-state index in [1.165, 1.54) is 0 Å². The lowest BCUT2D eigenvalue weighted by molar-refractivity contribution is 0.00880. The van der Waals surface area contributed by atoms with Gasteiger partial charge in [0.2, 0.25) is 0 Å². The van der Waals surface area contributed by atoms with Gasteiger partial charge >= 0.3 is 6.03 Å². The number of nitrogens with two attached hydrogens (primary N) is 1. The van der Waals surface area contributed by atoms with Crippen LogP contribution in [0.1, 0.15) is 73.5 Å². The summed E-state index contributed by atoms with van der Waals surface area (Å²) in [6.07, 6.45) is 2.24. The number of carbonyl (C=O) groups is 2. The number of fused-ring (bicyclic) bond motifs is 1. The normalized spacial score (nSPS) is 24.5. The zero-order valence-corrected chi connectivity index (χ0v) is 23.0. The molecule has 0 aliphatic carbocycles. The van der Waals surface area contributed by atoms with Crippen molar-refractivity contribution in [3.63, 3.8) is 0 Å². The van der Waals surface area contributed by atoms with Gasteiger partial charge in [0.25, 0.3) is 5.91 Å². The Hall–Kier alpha value is -2.85. The number of amides is 3. The first-order valence-electron chi connectivity index (χ1n) is 13.5. The zero-order chi connectivity index (χ0) is 26.6. The van der Waals surface area contributed by atoms with Crippen molar-refractivity contribution in [3.8, 4) is 5.82 Å². The summed E-state index contributed by atoms with van der Waals surface area (Å²) < 4.78 is 7.35. The van der Waals surface area contributed by atoms with Gasteiger partial charge in [0.1, 0.15) is 5.69 Å². The second-order valence-corrected chi connectivity index (χ2v) is 11.7. The molecule has 3 aliphatic rings. The van der Waals surface area contributed by atoms with Gasteiger partial charge in [0.05, 0.1) is 17.8 Å². The molecule has 0 unspecified atom stereocenters. The van der Waals surface area contributed by atoms with Crippen LogP contribution in [0.3, 0.4) is 0 Å². The summed E-state index contributed by atoms with van der Waals surface area (Å²) in [6, 6.07) is 2.40. The van der Waals surface area contributed by atoms with E-state index in [9.17, 15) is 9.59 Å². The summed E-state index contributed by atoms with van der Waals surface area (Å²) in [4.78, 5) is 32.8. The molecule has 2 aromatic heterocycles. The fourth-order valence-electron chi connectivity index (χ4n) is 6.51. The maximum atomic E-state index is 14.0. The van der Waals surface area contributed by atoms with Gasteiger partial charge in [-0.3, -0.25) is 19.4 Å². The number of primary amides is 1. The van der Waals surface area contributed by atoms with Crippen molar-refractivity contribution in [2.45, 2.75) is 78.6 Å². The number of hydrogen-bond acceptors (Lipinski definition) is 5. The Bertz CT molecular complexity index is 1190. The molecule has 3 N–H and O–H groups in total. The number of aromatic nitrogens is 3. The molecule has 2 fully saturated rings. The molecule has 0 spiro atoms. The fraction of sp³-hybridized carbons (Fsp3) is 0.667. The number of hydrogen-bond donors (Lipinski definition) is 2. The van der Waals surface area contributed by atoms with E-state index in [0.29, 0.717) is 36.6 Å². The van der Waals surface area contributed by atoms with E-state index >= 15 is 0 Å². The summed E-state index contributed by atoms with van der Waals surface area (Å²) in [5.74, 6) is 0.819. The van der Waals surface area contributed by atoms with Crippen LogP contribution in [0.4, 0.5) is 4.79 Å². The minimum Gasteiger partial charge on any atom is -0.381 e. The molecule has 0 aromatic carbocycles. The van der Waals surface area contributed by atoms with Gasteiger partial charge in [0.15, 0.2) is 5.82 Å². The minimum absolute atomic E-state index is 0.0427. The molecular formula is C27H41N7O3. The highest BCUT2D eigenvalue weighted by Crippen LogP contribution is 2.41. The van der Waals surface area contributed by atoms with Gasteiger partial charge in [0, 0.05) is 56.2 Å². The Kier molecular flexibility index (Phi) is 6.60. The van der Waals surface area contributed by atoms with E-state index in [1.807, 2.05) is 34.3 Å². The molecule has 0 saturated carbocycles. The topological polar surface area (TPSA) is 113 Å². The minimum atomic E-state index is -0.567. The lowest BCUT2D eigenvalue weighted by Gasteiger charge is -2.47. The third kappa shape index (κ3) is 4.33. The predicted octanol–water partition coefficient (Wildman–Crippen LogP) is 2.91. The maximum absolute atomic E-state index is 14.0. The van der Waals surface area contributed by atoms with Crippen molar-refractivity contribution in [3.05, 3.63) is 34.3 Å². The Labute approximate surface area is 219 Å². The molecule has 5 heterocycles. The van der Waals surface area contributed by atoms with Crippen LogP contribution in [-0.4, -0.2) is 86.3 Å². The van der Waals surface area contributed by atoms with E-state index in [4.69, 9.17) is 10.5 Å². The van der Waals surface area contributed by atoms with E-state index < -0.39 is 11.4 Å². The lowest BCUT2D eigenvalue weighted by Crippen LogP contribution is -2.62. The van der Waals surface area contributed by atoms with Gasteiger partial charge in [-0.05, 0) is 71.9 Å². The van der Waals surface area contributed by atoms with Crippen LogP contribution in [0.5, 0.6) is 0 Å². The van der Waals surface area contributed by atoms with Gasteiger partial charge in [-0.2, -0.15) is 5.10 Å². The smallest absolute Gasteiger partial charge is 0.321 e. The molecule has 0 bridgehead atoms. The van der Waals surface area contributed by atoms with Crippen molar-refractivity contribution in [2.24, 2.45) is 11.7 Å². The molecule has 0 radical (unpaired) electrons. The summed E-state index contributed by atoms with van der Waals surface area (Å²) >= 11 is 0. The highest BCUT2D eigenvalue weighted by atomic mass is 16.5. The maximum Gasteiger partial charge on any atom is 0.321 e. The van der Waals surface area contributed by atoms with Gasteiger partial charge in [-0.1, -0.05) is 0 Å². The number of aryl methyl sites for hydroxylation is 2. The molecule has 3 aliphatic heterocycles. The summed E-state index contributed by atoms with van der Waals surface area (Å²) in [7, 11) is 0. The molecular weight excluding hydrogens is 470 g/mol. The van der Waals surface area contributed by atoms with Crippen LogP contribution in [0.2, 0.25) is 0 Å². The van der Waals surface area contributed by atoms with E-state index in [1.54, 1.807) is 0 Å². The van der Waals surface area contributed by atoms with Crippen molar-refractivity contribution in [1.82, 2.24) is 29.5 Å². The number of aromatic amines is 1. The quantitative estimate of drug-likeness (QED) is 0.655. The third-order valence-corrected chi connectivity index (χ3v) is 8.69. The second kappa shape index (κ2) is 9.47. The molecule has 37 heavy (non-hydrogen) atoms. The monoisotopic (exact) mass is 511 g/mol. The van der Waals surface area contributed by atoms with Crippen LogP contribution in [-0.2, 0) is 16.8 Å². The Morgan fingerprint density at radius 3 is 2.54 bits per heavy atom. The summed E-state index contributed by atoms with van der Waals surface area (Å²) in [5.41, 5.74) is 9.11. The molecule has 2 aromatic rings. The van der Waals surface area contributed by atoms with Crippen LogP contribution < -0.4 is 5.73 Å². The first kappa shape index (κ1) is 25.8. The fourth-order valence-corrected chi connectivity index (χ4v) is 6.51. The SMILES string of the molecule is Cc1cc(C)n(-c2n[nH]c3c2CN(C(=O)N2C[C@@H](C)N(CC4CCOCC4)C[C@@H]2C)C3(C)C)c1C(N)=O. The summed E-state index contributed by atoms with van der Waals surface area (Å²) in [6.45, 7) is 17.1. The molecule has 2 saturated heterocycles. The van der Waals surface area contributed by atoms with Crippen molar-refractivity contribution >= 4 is 11.9 Å². The van der Waals surface area contributed by atoms with Crippen LogP contribution in [0.25, 0.3) is 5.82 Å².